The average molecular weight is 273 g/mol. The van der Waals surface area contributed by atoms with E-state index < -0.39 is 0 Å². The normalized spacial score (nSPS) is 10.3. The third-order valence-electron chi connectivity index (χ3n) is 2.88. The molecule has 0 unspecified atom stereocenters. The van der Waals surface area contributed by atoms with Gasteiger partial charge in [0.05, 0.1) is 6.61 Å². The summed E-state index contributed by atoms with van der Waals surface area (Å²) in [5.41, 5.74) is 8.70. The Bertz CT molecular complexity index is 573. The number of aromatic nitrogens is 3. The topological polar surface area (TPSA) is 86.0 Å². The Morgan fingerprint density at radius 3 is 2.95 bits per heavy atom. The molecule has 2 aromatic rings. The Labute approximate surface area is 118 Å². The molecule has 0 fully saturated rings. The van der Waals surface area contributed by atoms with E-state index in [9.17, 15) is 0 Å². The monoisotopic (exact) mass is 273 g/mol. The lowest BCUT2D eigenvalue weighted by Crippen LogP contribution is -2.09. The van der Waals surface area contributed by atoms with E-state index in [1.807, 2.05) is 26.1 Å². The second kappa shape index (κ2) is 6.70. The van der Waals surface area contributed by atoms with Crippen molar-refractivity contribution in [2.24, 2.45) is 0 Å². The zero-order chi connectivity index (χ0) is 14.4. The van der Waals surface area contributed by atoms with Crippen molar-refractivity contribution >= 4 is 11.5 Å². The molecule has 2 heterocycles. The van der Waals surface area contributed by atoms with Crippen LogP contribution in [0.15, 0.2) is 24.8 Å². The van der Waals surface area contributed by atoms with Gasteiger partial charge in [-0.05, 0) is 30.5 Å². The predicted molar refractivity (Wildman–Crippen MR) is 78.5 cm³/mol. The van der Waals surface area contributed by atoms with Gasteiger partial charge in [0.15, 0.2) is 5.82 Å². The fourth-order valence-electron chi connectivity index (χ4n) is 1.69. The maximum atomic E-state index is 6.00. The van der Waals surface area contributed by atoms with Crippen molar-refractivity contribution in [2.75, 3.05) is 17.7 Å². The van der Waals surface area contributed by atoms with Gasteiger partial charge in [-0.1, -0.05) is 6.92 Å². The molecular formula is C14H19N5O. The fraction of sp³-hybridized carbons (Fsp3) is 0.357. The van der Waals surface area contributed by atoms with Crippen molar-refractivity contribution in [3.63, 3.8) is 0 Å². The van der Waals surface area contributed by atoms with Crippen LogP contribution in [0.4, 0.5) is 11.5 Å². The molecule has 6 heteroatoms. The standard InChI is InChI=1S/C14H19N5O/c1-3-6-20-14-12(15)13(18-9-19-14)17-8-11-7-16-5-4-10(11)2/h4-5,7,9H,3,6,8,15H2,1-2H3,(H,17,18,19). The van der Waals surface area contributed by atoms with Crippen LogP contribution < -0.4 is 15.8 Å². The lowest BCUT2D eigenvalue weighted by molar-refractivity contribution is 0.306. The quantitative estimate of drug-likeness (QED) is 0.838. The van der Waals surface area contributed by atoms with E-state index in [4.69, 9.17) is 10.5 Å². The fourth-order valence-corrected chi connectivity index (χ4v) is 1.69. The summed E-state index contributed by atoms with van der Waals surface area (Å²) in [5.74, 6) is 1.00. The van der Waals surface area contributed by atoms with Crippen molar-refractivity contribution in [1.29, 1.82) is 0 Å². The summed E-state index contributed by atoms with van der Waals surface area (Å²) in [6, 6.07) is 1.97. The molecule has 0 atom stereocenters. The SMILES string of the molecule is CCCOc1ncnc(NCc2cnccc2C)c1N. The number of anilines is 2. The first kappa shape index (κ1) is 14.0. The van der Waals surface area contributed by atoms with E-state index >= 15 is 0 Å². The molecule has 2 rings (SSSR count). The van der Waals surface area contributed by atoms with Gasteiger partial charge in [-0.2, -0.15) is 4.98 Å². The van der Waals surface area contributed by atoms with Crippen LogP contribution in [0.25, 0.3) is 0 Å². The largest absolute Gasteiger partial charge is 0.476 e. The third kappa shape index (κ3) is 3.34. The molecule has 106 valence electrons. The van der Waals surface area contributed by atoms with Crippen LogP contribution in [-0.4, -0.2) is 21.6 Å². The number of hydrogen-bond donors (Lipinski definition) is 2. The van der Waals surface area contributed by atoms with Crippen LogP contribution >= 0.6 is 0 Å². The van der Waals surface area contributed by atoms with Gasteiger partial charge >= 0.3 is 0 Å². The Morgan fingerprint density at radius 1 is 1.35 bits per heavy atom. The van der Waals surface area contributed by atoms with Gasteiger partial charge in [-0.25, -0.2) is 4.98 Å². The van der Waals surface area contributed by atoms with Crippen LogP contribution in [0.1, 0.15) is 24.5 Å². The Morgan fingerprint density at radius 2 is 2.20 bits per heavy atom. The molecule has 0 radical (unpaired) electrons. The molecule has 0 bridgehead atoms. The maximum Gasteiger partial charge on any atom is 0.242 e. The molecule has 2 aromatic heterocycles. The summed E-state index contributed by atoms with van der Waals surface area (Å²) in [7, 11) is 0. The second-order valence-electron chi connectivity index (χ2n) is 4.45. The van der Waals surface area contributed by atoms with Crippen molar-refractivity contribution in [1.82, 2.24) is 15.0 Å². The Balaban J connectivity index is 2.08. The Hall–Kier alpha value is -2.37. The highest BCUT2D eigenvalue weighted by molar-refractivity contribution is 5.66. The minimum atomic E-state index is 0.423. The summed E-state index contributed by atoms with van der Waals surface area (Å²) in [6.45, 7) is 5.26. The lowest BCUT2D eigenvalue weighted by atomic mass is 10.1. The summed E-state index contributed by atoms with van der Waals surface area (Å²) < 4.78 is 5.47. The van der Waals surface area contributed by atoms with E-state index in [1.54, 1.807) is 6.20 Å². The highest BCUT2D eigenvalue weighted by atomic mass is 16.5. The zero-order valence-electron chi connectivity index (χ0n) is 11.8. The summed E-state index contributed by atoms with van der Waals surface area (Å²) >= 11 is 0. The molecule has 0 saturated heterocycles. The lowest BCUT2D eigenvalue weighted by Gasteiger charge is -2.12. The highest BCUT2D eigenvalue weighted by Crippen LogP contribution is 2.25. The summed E-state index contributed by atoms with van der Waals surface area (Å²) in [6.07, 6.45) is 5.95. The third-order valence-corrected chi connectivity index (χ3v) is 2.88. The number of aryl methyl sites for hydroxylation is 1. The first-order chi connectivity index (χ1) is 9.72. The molecule has 3 N–H and O–H groups in total. The van der Waals surface area contributed by atoms with Gasteiger partial charge < -0.3 is 15.8 Å². The number of hydrogen-bond acceptors (Lipinski definition) is 6. The molecule has 20 heavy (non-hydrogen) atoms. The first-order valence-corrected chi connectivity index (χ1v) is 6.59. The number of rotatable bonds is 6. The molecule has 0 amide bonds. The number of pyridine rings is 1. The van der Waals surface area contributed by atoms with Gasteiger partial charge in [0.1, 0.15) is 12.0 Å². The molecule has 6 nitrogen and oxygen atoms in total. The van der Waals surface area contributed by atoms with Gasteiger partial charge in [-0.3, -0.25) is 4.98 Å². The van der Waals surface area contributed by atoms with E-state index in [2.05, 4.69) is 20.3 Å². The first-order valence-electron chi connectivity index (χ1n) is 6.59. The molecular weight excluding hydrogens is 254 g/mol. The van der Waals surface area contributed by atoms with E-state index in [0.29, 0.717) is 30.5 Å². The van der Waals surface area contributed by atoms with Gasteiger partial charge in [0.2, 0.25) is 5.88 Å². The second-order valence-corrected chi connectivity index (χ2v) is 4.45. The van der Waals surface area contributed by atoms with Crippen molar-refractivity contribution < 1.29 is 4.74 Å². The predicted octanol–water partition coefficient (Wildman–Crippen LogP) is 2.16. The molecule has 0 spiro atoms. The smallest absolute Gasteiger partial charge is 0.242 e. The van der Waals surface area contributed by atoms with Crippen LogP contribution in [0.3, 0.4) is 0 Å². The number of nitrogens with zero attached hydrogens (tertiary/aromatic N) is 3. The minimum absolute atomic E-state index is 0.423. The zero-order valence-corrected chi connectivity index (χ0v) is 11.8. The maximum absolute atomic E-state index is 6.00. The average Bonchev–Trinajstić information content (AvgIpc) is 2.46. The van der Waals surface area contributed by atoms with Crippen LogP contribution in [0, 0.1) is 6.92 Å². The summed E-state index contributed by atoms with van der Waals surface area (Å²) in [4.78, 5) is 12.3. The summed E-state index contributed by atoms with van der Waals surface area (Å²) in [5, 5.41) is 3.19. The van der Waals surface area contributed by atoms with Crippen LogP contribution in [-0.2, 0) is 6.54 Å². The Kier molecular flexibility index (Phi) is 4.70. The van der Waals surface area contributed by atoms with E-state index in [-0.39, 0.29) is 0 Å². The minimum Gasteiger partial charge on any atom is -0.476 e. The van der Waals surface area contributed by atoms with Crippen molar-refractivity contribution in [2.45, 2.75) is 26.8 Å². The number of ether oxygens (including phenoxy) is 1. The van der Waals surface area contributed by atoms with Crippen LogP contribution in [0.5, 0.6) is 5.88 Å². The van der Waals surface area contributed by atoms with E-state index in [0.717, 1.165) is 12.0 Å². The molecule has 0 aliphatic rings. The molecule has 0 aromatic carbocycles. The van der Waals surface area contributed by atoms with Gasteiger partial charge in [-0.15, -0.1) is 0 Å². The number of nitrogen functional groups attached to an aromatic ring is 1. The van der Waals surface area contributed by atoms with Crippen molar-refractivity contribution in [3.8, 4) is 5.88 Å². The highest BCUT2D eigenvalue weighted by Gasteiger charge is 2.09. The van der Waals surface area contributed by atoms with Gasteiger partial charge in [0, 0.05) is 18.9 Å². The van der Waals surface area contributed by atoms with Gasteiger partial charge in [0.25, 0.3) is 0 Å². The van der Waals surface area contributed by atoms with Crippen molar-refractivity contribution in [3.05, 3.63) is 35.9 Å². The number of nitrogens with two attached hydrogens (primary N) is 1. The van der Waals surface area contributed by atoms with Crippen LogP contribution in [0.2, 0.25) is 0 Å². The molecule has 0 aliphatic carbocycles. The molecule has 0 aliphatic heterocycles. The molecule has 0 saturated carbocycles. The van der Waals surface area contributed by atoms with E-state index in [1.165, 1.54) is 11.9 Å². The number of nitrogens with one attached hydrogen (secondary N) is 1.